The molecule has 0 aliphatic carbocycles. The van der Waals surface area contributed by atoms with Gasteiger partial charge in [0.1, 0.15) is 0 Å². The van der Waals surface area contributed by atoms with Gasteiger partial charge in [-0.25, -0.2) is 0 Å². The largest absolute Gasteiger partial charge is 0.379 e. The van der Waals surface area contributed by atoms with Crippen LogP contribution in [-0.4, -0.2) is 70.9 Å². The van der Waals surface area contributed by atoms with Gasteiger partial charge in [-0.2, -0.15) is 5.10 Å². The topological polar surface area (TPSA) is 50.6 Å². The Balaban J connectivity index is 1.41. The van der Waals surface area contributed by atoms with Gasteiger partial charge in [-0.05, 0) is 38.2 Å². The van der Waals surface area contributed by atoms with Crippen LogP contribution in [0.3, 0.4) is 0 Å². The maximum absolute atomic E-state index is 12.4. The van der Waals surface area contributed by atoms with Gasteiger partial charge in [-0.3, -0.25) is 14.4 Å². The Bertz CT molecular complexity index is 531. The predicted molar refractivity (Wildman–Crippen MR) is 92.7 cm³/mol. The molecule has 1 aromatic heterocycles. The van der Waals surface area contributed by atoms with Gasteiger partial charge in [0, 0.05) is 51.4 Å². The molecule has 0 aromatic carbocycles. The minimum atomic E-state index is 0.264. The second-order valence-corrected chi connectivity index (χ2v) is 7.14. The van der Waals surface area contributed by atoms with E-state index in [9.17, 15) is 4.79 Å². The smallest absolute Gasteiger partial charge is 0.224 e. The summed E-state index contributed by atoms with van der Waals surface area (Å²) in [7, 11) is 0. The van der Waals surface area contributed by atoms with Crippen molar-refractivity contribution in [3.8, 4) is 0 Å². The lowest BCUT2D eigenvalue weighted by Crippen LogP contribution is -2.49. The second-order valence-electron chi connectivity index (χ2n) is 7.14. The summed E-state index contributed by atoms with van der Waals surface area (Å²) in [6.07, 6.45) is 6.60. The summed E-state index contributed by atoms with van der Waals surface area (Å²) in [5.41, 5.74) is 1.14. The Morgan fingerprint density at radius 2 is 2.00 bits per heavy atom. The van der Waals surface area contributed by atoms with E-state index in [0.29, 0.717) is 24.9 Å². The van der Waals surface area contributed by atoms with Crippen LogP contribution >= 0.6 is 0 Å². The summed E-state index contributed by atoms with van der Waals surface area (Å²) < 4.78 is 7.31. The molecule has 2 aliphatic rings. The van der Waals surface area contributed by atoms with Crippen LogP contribution < -0.4 is 0 Å². The Morgan fingerprint density at radius 3 is 2.62 bits per heavy atom. The zero-order valence-corrected chi connectivity index (χ0v) is 15.0. The molecule has 24 heavy (non-hydrogen) atoms. The van der Waals surface area contributed by atoms with Crippen LogP contribution in [0.4, 0.5) is 0 Å². The fourth-order valence-electron chi connectivity index (χ4n) is 3.87. The van der Waals surface area contributed by atoms with Gasteiger partial charge in [0.25, 0.3) is 0 Å². The fourth-order valence-corrected chi connectivity index (χ4v) is 3.87. The number of aromatic nitrogens is 2. The van der Waals surface area contributed by atoms with E-state index < -0.39 is 0 Å². The Labute approximate surface area is 144 Å². The number of morpholine rings is 1. The van der Waals surface area contributed by atoms with Crippen molar-refractivity contribution in [2.75, 3.05) is 39.4 Å². The Morgan fingerprint density at radius 1 is 1.29 bits per heavy atom. The number of carbonyl (C=O) groups is 1. The molecule has 0 spiro atoms. The van der Waals surface area contributed by atoms with E-state index >= 15 is 0 Å². The maximum atomic E-state index is 12.4. The van der Waals surface area contributed by atoms with Crippen molar-refractivity contribution in [2.24, 2.45) is 5.92 Å². The first-order valence-corrected chi connectivity index (χ1v) is 9.22. The van der Waals surface area contributed by atoms with Gasteiger partial charge in [0.15, 0.2) is 0 Å². The highest BCUT2D eigenvalue weighted by molar-refractivity contribution is 5.76. The molecular formula is C18H30N4O2. The molecule has 3 rings (SSSR count). The van der Waals surface area contributed by atoms with E-state index in [2.05, 4.69) is 16.9 Å². The van der Waals surface area contributed by atoms with Crippen molar-refractivity contribution >= 4 is 5.91 Å². The number of piperidine rings is 1. The van der Waals surface area contributed by atoms with Crippen molar-refractivity contribution in [3.05, 3.63) is 18.0 Å². The third-order valence-corrected chi connectivity index (χ3v) is 5.51. The molecule has 0 radical (unpaired) electrons. The highest BCUT2D eigenvalue weighted by Gasteiger charge is 2.29. The number of hydrogen-bond donors (Lipinski definition) is 0. The molecule has 2 fully saturated rings. The number of likely N-dealkylation sites (tertiary alicyclic amines) is 1. The third-order valence-electron chi connectivity index (χ3n) is 5.51. The SMILES string of the molecule is Cc1cnn(CCC(=O)N2CCC([C@@H](C)N3CCOCC3)CC2)c1. The molecule has 2 saturated heterocycles. The predicted octanol–water partition coefficient (Wildman–Crippen LogP) is 1.54. The third kappa shape index (κ3) is 4.36. The Hall–Kier alpha value is -1.40. The normalized spacial score (nSPS) is 21.8. The highest BCUT2D eigenvalue weighted by Crippen LogP contribution is 2.25. The monoisotopic (exact) mass is 334 g/mol. The molecule has 2 aliphatic heterocycles. The average Bonchev–Trinajstić information content (AvgIpc) is 3.05. The number of rotatable bonds is 5. The number of ether oxygens (including phenoxy) is 1. The van der Waals surface area contributed by atoms with Crippen LogP contribution in [0.2, 0.25) is 0 Å². The summed E-state index contributed by atoms with van der Waals surface area (Å²) in [5.74, 6) is 0.960. The van der Waals surface area contributed by atoms with Crippen LogP contribution in [0.1, 0.15) is 31.7 Å². The van der Waals surface area contributed by atoms with Crippen molar-refractivity contribution in [3.63, 3.8) is 0 Å². The molecular weight excluding hydrogens is 304 g/mol. The van der Waals surface area contributed by atoms with Crippen LogP contribution in [0.15, 0.2) is 12.4 Å². The van der Waals surface area contributed by atoms with E-state index in [1.807, 2.05) is 28.9 Å². The molecule has 1 aromatic rings. The molecule has 0 unspecified atom stereocenters. The number of aryl methyl sites for hydroxylation is 2. The first-order valence-electron chi connectivity index (χ1n) is 9.22. The number of carbonyl (C=O) groups excluding carboxylic acids is 1. The number of hydrogen-bond acceptors (Lipinski definition) is 4. The van der Waals surface area contributed by atoms with Gasteiger partial charge in [-0.1, -0.05) is 0 Å². The van der Waals surface area contributed by atoms with Gasteiger partial charge in [0.2, 0.25) is 5.91 Å². The molecule has 0 bridgehead atoms. The summed E-state index contributed by atoms with van der Waals surface area (Å²) in [5, 5.41) is 4.25. The fraction of sp³-hybridized carbons (Fsp3) is 0.778. The summed E-state index contributed by atoms with van der Waals surface area (Å²) in [6, 6.07) is 0.596. The standard InChI is InChI=1S/C18H30N4O2/c1-15-13-19-22(14-15)8-5-18(23)21-6-3-17(4-7-21)16(2)20-9-11-24-12-10-20/h13-14,16-17H,3-12H2,1-2H3/t16-/m1/s1. The van der Waals surface area contributed by atoms with Crippen molar-refractivity contribution in [1.29, 1.82) is 0 Å². The van der Waals surface area contributed by atoms with Crippen LogP contribution in [-0.2, 0) is 16.1 Å². The zero-order chi connectivity index (χ0) is 16.9. The molecule has 6 nitrogen and oxygen atoms in total. The van der Waals surface area contributed by atoms with Crippen molar-refractivity contribution in [2.45, 2.75) is 45.7 Å². The number of nitrogens with zero attached hydrogens (tertiary/aromatic N) is 4. The van der Waals surface area contributed by atoms with Gasteiger partial charge in [0.05, 0.1) is 19.4 Å². The van der Waals surface area contributed by atoms with Gasteiger partial charge in [-0.15, -0.1) is 0 Å². The minimum absolute atomic E-state index is 0.264. The molecule has 1 atom stereocenters. The molecule has 0 N–H and O–H groups in total. The average molecular weight is 334 g/mol. The molecule has 1 amide bonds. The summed E-state index contributed by atoms with van der Waals surface area (Å²) >= 11 is 0. The van der Waals surface area contributed by atoms with E-state index in [0.717, 1.165) is 57.8 Å². The lowest BCUT2D eigenvalue weighted by Gasteiger charge is -2.41. The molecule has 6 heteroatoms. The first kappa shape index (κ1) is 17.4. The minimum Gasteiger partial charge on any atom is -0.379 e. The van der Waals surface area contributed by atoms with E-state index in [1.165, 1.54) is 0 Å². The lowest BCUT2D eigenvalue weighted by molar-refractivity contribution is -0.133. The van der Waals surface area contributed by atoms with Crippen LogP contribution in [0.5, 0.6) is 0 Å². The van der Waals surface area contributed by atoms with Crippen LogP contribution in [0, 0.1) is 12.8 Å². The highest BCUT2D eigenvalue weighted by atomic mass is 16.5. The molecule has 0 saturated carbocycles. The lowest BCUT2D eigenvalue weighted by atomic mass is 9.89. The second kappa shape index (κ2) is 8.12. The van der Waals surface area contributed by atoms with E-state index in [-0.39, 0.29) is 5.91 Å². The summed E-state index contributed by atoms with van der Waals surface area (Å²) in [6.45, 7) is 10.6. The molecule has 3 heterocycles. The quantitative estimate of drug-likeness (QED) is 0.820. The van der Waals surface area contributed by atoms with Gasteiger partial charge >= 0.3 is 0 Å². The maximum Gasteiger partial charge on any atom is 0.224 e. The van der Waals surface area contributed by atoms with Gasteiger partial charge < -0.3 is 9.64 Å². The number of amides is 1. The molecule has 134 valence electrons. The van der Waals surface area contributed by atoms with Crippen LogP contribution in [0.25, 0.3) is 0 Å². The summed E-state index contributed by atoms with van der Waals surface area (Å²) in [4.78, 5) is 17.0. The van der Waals surface area contributed by atoms with Crippen molar-refractivity contribution in [1.82, 2.24) is 19.6 Å². The zero-order valence-electron chi connectivity index (χ0n) is 15.0. The first-order chi connectivity index (χ1) is 11.6. The Kier molecular flexibility index (Phi) is 5.89. The van der Waals surface area contributed by atoms with Crippen molar-refractivity contribution < 1.29 is 9.53 Å². The van der Waals surface area contributed by atoms with E-state index in [4.69, 9.17) is 4.74 Å². The van der Waals surface area contributed by atoms with E-state index in [1.54, 1.807) is 0 Å².